The number of carbonyl (C=O) groups is 1. The maximum atomic E-state index is 13.2. The summed E-state index contributed by atoms with van der Waals surface area (Å²) in [6.07, 6.45) is -2.72. The second-order valence-electron chi connectivity index (χ2n) is 7.30. The average Bonchev–Trinajstić information content (AvgIpc) is 3.06. The number of thiocarbonyl (C=S) groups is 1. The maximum Gasteiger partial charge on any atom is 0.416 e. The van der Waals surface area contributed by atoms with Crippen molar-refractivity contribution in [2.75, 3.05) is 4.90 Å². The van der Waals surface area contributed by atoms with Crippen LogP contribution in [0.2, 0.25) is 0 Å². The number of fused-ring (bicyclic) bond motifs is 2. The predicted octanol–water partition coefficient (Wildman–Crippen LogP) is 7.42. The third-order valence-electron chi connectivity index (χ3n) is 5.31. The van der Waals surface area contributed by atoms with Crippen molar-refractivity contribution in [3.8, 4) is 0 Å². The zero-order valence-electron chi connectivity index (χ0n) is 16.4. The van der Waals surface area contributed by atoms with Crippen molar-refractivity contribution in [1.29, 1.82) is 0 Å². The molecule has 0 radical (unpaired) electrons. The largest absolute Gasteiger partial charge is 0.416 e. The lowest BCUT2D eigenvalue weighted by atomic mass is 9.96. The van der Waals surface area contributed by atoms with Crippen molar-refractivity contribution in [2.24, 2.45) is 0 Å². The first-order valence-corrected chi connectivity index (χ1v) is 10.9. The van der Waals surface area contributed by atoms with E-state index < -0.39 is 17.6 Å². The molecule has 0 unspecified atom stereocenters. The van der Waals surface area contributed by atoms with Gasteiger partial charge in [0.25, 0.3) is 5.91 Å². The highest BCUT2D eigenvalue weighted by Crippen LogP contribution is 2.40. The van der Waals surface area contributed by atoms with Crippen molar-refractivity contribution < 1.29 is 18.0 Å². The Morgan fingerprint density at radius 1 is 0.844 bits per heavy atom. The fourth-order valence-corrected chi connectivity index (χ4v) is 5.13. The van der Waals surface area contributed by atoms with E-state index in [1.165, 1.54) is 12.1 Å². The lowest BCUT2D eigenvalue weighted by molar-refractivity contribution is -0.137. The van der Waals surface area contributed by atoms with E-state index in [0.29, 0.717) is 4.91 Å². The van der Waals surface area contributed by atoms with E-state index in [4.69, 9.17) is 12.2 Å². The van der Waals surface area contributed by atoms with Crippen molar-refractivity contribution in [1.82, 2.24) is 0 Å². The normalized spacial score (nSPS) is 16.0. The van der Waals surface area contributed by atoms with Gasteiger partial charge in [-0.05, 0) is 57.4 Å². The molecule has 1 fully saturated rings. The van der Waals surface area contributed by atoms with E-state index in [-0.39, 0.29) is 10.0 Å². The molecule has 0 atom stereocenters. The fraction of sp³-hybridized carbons (Fsp3) is 0.0400. The molecule has 1 saturated heterocycles. The van der Waals surface area contributed by atoms with Gasteiger partial charge in [-0.2, -0.15) is 13.2 Å². The van der Waals surface area contributed by atoms with E-state index in [9.17, 15) is 18.0 Å². The molecular weight excluding hydrogens is 451 g/mol. The number of nitrogens with zero attached hydrogens (tertiary/aromatic N) is 1. The lowest BCUT2D eigenvalue weighted by Gasteiger charge is -2.16. The molecule has 4 aromatic carbocycles. The summed E-state index contributed by atoms with van der Waals surface area (Å²) in [6, 6.07) is 22.5. The van der Waals surface area contributed by atoms with Crippen LogP contribution in [0.5, 0.6) is 0 Å². The summed E-state index contributed by atoms with van der Waals surface area (Å²) >= 11 is 6.46. The van der Waals surface area contributed by atoms with Crippen LogP contribution < -0.4 is 4.90 Å². The van der Waals surface area contributed by atoms with Gasteiger partial charge in [-0.15, -0.1) is 0 Å². The number of amides is 1. The molecule has 4 aromatic rings. The highest BCUT2D eigenvalue weighted by molar-refractivity contribution is 8.27. The fourth-order valence-electron chi connectivity index (χ4n) is 3.85. The van der Waals surface area contributed by atoms with Gasteiger partial charge in [0.15, 0.2) is 4.32 Å². The first-order chi connectivity index (χ1) is 15.3. The Labute approximate surface area is 191 Å². The molecule has 1 amide bonds. The average molecular weight is 466 g/mol. The molecule has 7 heteroatoms. The molecule has 1 heterocycles. The van der Waals surface area contributed by atoms with Gasteiger partial charge in [0.2, 0.25) is 0 Å². The first-order valence-electron chi connectivity index (χ1n) is 9.69. The Hall–Kier alpha value is -3.16. The van der Waals surface area contributed by atoms with Crippen LogP contribution in [-0.4, -0.2) is 10.2 Å². The minimum atomic E-state index is -4.51. The van der Waals surface area contributed by atoms with Crippen molar-refractivity contribution in [2.45, 2.75) is 6.18 Å². The van der Waals surface area contributed by atoms with Gasteiger partial charge in [0.05, 0.1) is 16.2 Å². The number of alkyl halides is 3. The van der Waals surface area contributed by atoms with Crippen LogP contribution in [0.3, 0.4) is 0 Å². The van der Waals surface area contributed by atoms with E-state index >= 15 is 0 Å². The maximum absolute atomic E-state index is 13.2. The van der Waals surface area contributed by atoms with Crippen molar-refractivity contribution in [3.05, 3.63) is 94.9 Å². The van der Waals surface area contributed by atoms with E-state index in [1.807, 2.05) is 48.5 Å². The van der Waals surface area contributed by atoms with Gasteiger partial charge in [0, 0.05) is 0 Å². The van der Waals surface area contributed by atoms with Crippen LogP contribution >= 0.6 is 24.0 Å². The monoisotopic (exact) mass is 465 g/mol. The van der Waals surface area contributed by atoms with Crippen molar-refractivity contribution in [3.63, 3.8) is 0 Å². The third-order valence-corrected chi connectivity index (χ3v) is 6.62. The number of thioether (sulfide) groups is 1. The van der Waals surface area contributed by atoms with E-state index in [1.54, 1.807) is 6.08 Å². The second-order valence-corrected chi connectivity index (χ2v) is 8.97. The topological polar surface area (TPSA) is 20.3 Å². The minimum absolute atomic E-state index is 0.105. The van der Waals surface area contributed by atoms with Crippen LogP contribution in [0.15, 0.2) is 83.8 Å². The van der Waals surface area contributed by atoms with E-state index in [0.717, 1.165) is 55.9 Å². The molecule has 0 saturated carbocycles. The second kappa shape index (κ2) is 7.76. The molecule has 158 valence electrons. The molecule has 0 aliphatic carbocycles. The quantitative estimate of drug-likeness (QED) is 0.175. The Bertz CT molecular complexity index is 1390. The highest BCUT2D eigenvalue weighted by atomic mass is 32.2. The Morgan fingerprint density at radius 2 is 1.47 bits per heavy atom. The van der Waals surface area contributed by atoms with Crippen molar-refractivity contribution >= 4 is 67.5 Å². The standard InChI is InChI=1S/C25H14F3NOS2/c26-25(27,28)17-8-5-9-18(13-17)29-23(30)22(32-24(29)31)14-21-19-10-3-1-6-15(19)12-16-7-2-4-11-20(16)21/h1-14H/b22-14+. The molecule has 0 spiro atoms. The molecule has 5 rings (SSSR count). The molecule has 1 aliphatic heterocycles. The van der Waals surface area contributed by atoms with Gasteiger partial charge < -0.3 is 0 Å². The molecule has 0 N–H and O–H groups in total. The van der Waals surface area contributed by atoms with Crippen LogP contribution in [0.4, 0.5) is 18.9 Å². The molecule has 0 bridgehead atoms. The Kier molecular flexibility index (Phi) is 5.03. The molecule has 1 aliphatic rings. The predicted molar refractivity (Wildman–Crippen MR) is 129 cm³/mol. The number of anilines is 1. The molecular formula is C25H14F3NOS2. The summed E-state index contributed by atoms with van der Waals surface area (Å²) in [5.74, 6) is -0.434. The highest BCUT2D eigenvalue weighted by Gasteiger charge is 2.36. The number of hydrogen-bond acceptors (Lipinski definition) is 3. The Balaban J connectivity index is 1.63. The Morgan fingerprint density at radius 3 is 2.09 bits per heavy atom. The number of hydrogen-bond donors (Lipinski definition) is 0. The smallest absolute Gasteiger partial charge is 0.268 e. The minimum Gasteiger partial charge on any atom is -0.268 e. The summed E-state index contributed by atoms with van der Waals surface area (Å²) in [6.45, 7) is 0. The van der Waals surface area contributed by atoms with Gasteiger partial charge in [0.1, 0.15) is 0 Å². The third kappa shape index (κ3) is 3.57. The van der Waals surface area contributed by atoms with Crippen LogP contribution in [0, 0.1) is 0 Å². The summed E-state index contributed by atoms with van der Waals surface area (Å²) in [5, 5.41) is 4.03. The summed E-state index contributed by atoms with van der Waals surface area (Å²) in [5.41, 5.74) is 0.157. The van der Waals surface area contributed by atoms with Gasteiger partial charge >= 0.3 is 6.18 Å². The SMILES string of the molecule is O=C1/C(=C\c2c3ccccc3cc3ccccc23)SC(=S)N1c1cccc(C(F)(F)F)c1. The van der Waals surface area contributed by atoms with Gasteiger partial charge in [-0.25, -0.2) is 0 Å². The lowest BCUT2D eigenvalue weighted by Crippen LogP contribution is -2.27. The van der Waals surface area contributed by atoms with Crippen LogP contribution in [0.1, 0.15) is 11.1 Å². The number of rotatable bonds is 2. The molecule has 0 aromatic heterocycles. The summed E-state index contributed by atoms with van der Waals surface area (Å²) in [7, 11) is 0. The molecule has 32 heavy (non-hydrogen) atoms. The van der Waals surface area contributed by atoms with Gasteiger partial charge in [-0.3, -0.25) is 9.69 Å². The number of carbonyl (C=O) groups excluding carboxylic acids is 1. The zero-order chi connectivity index (χ0) is 22.5. The van der Waals surface area contributed by atoms with Crippen LogP contribution in [-0.2, 0) is 11.0 Å². The van der Waals surface area contributed by atoms with E-state index in [2.05, 4.69) is 6.07 Å². The van der Waals surface area contributed by atoms with Gasteiger partial charge in [-0.1, -0.05) is 78.6 Å². The summed E-state index contributed by atoms with van der Waals surface area (Å²) in [4.78, 5) is 14.8. The number of halogens is 3. The summed E-state index contributed by atoms with van der Waals surface area (Å²) < 4.78 is 39.7. The number of benzene rings is 4. The zero-order valence-corrected chi connectivity index (χ0v) is 18.0. The van der Waals surface area contributed by atoms with Crippen LogP contribution in [0.25, 0.3) is 27.6 Å². The molecule has 2 nitrogen and oxygen atoms in total. The first kappa shape index (κ1) is 20.7.